The summed E-state index contributed by atoms with van der Waals surface area (Å²) < 4.78 is 0. The molecule has 0 saturated carbocycles. The molecule has 28 heavy (non-hydrogen) atoms. The van der Waals surface area contributed by atoms with Crippen LogP contribution in [0.4, 0.5) is 5.69 Å². The van der Waals surface area contributed by atoms with Crippen molar-refractivity contribution < 1.29 is 4.79 Å². The number of hydrogen-bond acceptors (Lipinski definition) is 2. The standard InChI is InChI=1S/C23H20N4O/c1-14-21(19-13-17(22(24)25)9-12-20(19)26-14)23(28)27-18-10-7-16(8-11-18)15-5-3-2-4-6-15/h2-13,26H,1H3,(H3,24,25)(H,27,28). The van der Waals surface area contributed by atoms with Crippen LogP contribution in [-0.2, 0) is 0 Å². The fourth-order valence-electron chi connectivity index (χ4n) is 3.36. The van der Waals surface area contributed by atoms with Crippen molar-refractivity contribution in [1.82, 2.24) is 4.98 Å². The summed E-state index contributed by atoms with van der Waals surface area (Å²) in [6.07, 6.45) is 0. The minimum absolute atomic E-state index is 0.0244. The third-order valence-corrected chi connectivity index (χ3v) is 4.77. The molecule has 0 saturated heterocycles. The minimum atomic E-state index is -0.197. The molecule has 1 amide bonds. The summed E-state index contributed by atoms with van der Waals surface area (Å²) in [5.74, 6) is -0.222. The van der Waals surface area contributed by atoms with E-state index in [0.29, 0.717) is 11.1 Å². The third-order valence-electron chi connectivity index (χ3n) is 4.77. The molecular weight excluding hydrogens is 348 g/mol. The van der Waals surface area contributed by atoms with Crippen molar-refractivity contribution >= 4 is 28.3 Å². The van der Waals surface area contributed by atoms with Crippen molar-refractivity contribution in [2.24, 2.45) is 5.73 Å². The largest absolute Gasteiger partial charge is 0.384 e. The number of amides is 1. The van der Waals surface area contributed by atoms with E-state index in [-0.39, 0.29) is 11.7 Å². The topological polar surface area (TPSA) is 94.8 Å². The van der Waals surface area contributed by atoms with Crippen LogP contribution >= 0.6 is 0 Å². The first kappa shape index (κ1) is 17.5. The fraction of sp³-hybridized carbons (Fsp3) is 0.0435. The molecule has 0 bridgehead atoms. The summed E-state index contributed by atoms with van der Waals surface area (Å²) in [5, 5.41) is 11.3. The number of aromatic amines is 1. The highest BCUT2D eigenvalue weighted by atomic mass is 16.1. The van der Waals surface area contributed by atoms with Crippen molar-refractivity contribution in [3.63, 3.8) is 0 Å². The molecule has 0 unspecified atom stereocenters. The lowest BCUT2D eigenvalue weighted by molar-refractivity contribution is 0.102. The van der Waals surface area contributed by atoms with Crippen molar-refractivity contribution in [3.8, 4) is 11.1 Å². The van der Waals surface area contributed by atoms with Gasteiger partial charge in [0, 0.05) is 27.8 Å². The lowest BCUT2D eigenvalue weighted by Crippen LogP contribution is -2.13. The predicted molar refractivity (Wildman–Crippen MR) is 114 cm³/mol. The van der Waals surface area contributed by atoms with Gasteiger partial charge in [0.05, 0.1) is 5.56 Å². The normalized spacial score (nSPS) is 10.8. The van der Waals surface area contributed by atoms with Gasteiger partial charge in [0.25, 0.3) is 5.91 Å². The highest BCUT2D eigenvalue weighted by Gasteiger charge is 2.17. The molecule has 0 aliphatic heterocycles. The second kappa shape index (κ2) is 7.04. The van der Waals surface area contributed by atoms with Crippen molar-refractivity contribution in [3.05, 3.63) is 89.6 Å². The van der Waals surface area contributed by atoms with Crippen LogP contribution < -0.4 is 11.1 Å². The van der Waals surface area contributed by atoms with E-state index >= 15 is 0 Å². The van der Waals surface area contributed by atoms with E-state index < -0.39 is 0 Å². The second-order valence-electron chi connectivity index (χ2n) is 6.70. The van der Waals surface area contributed by atoms with E-state index in [1.807, 2.05) is 55.5 Å². The van der Waals surface area contributed by atoms with Crippen LogP contribution in [0.3, 0.4) is 0 Å². The summed E-state index contributed by atoms with van der Waals surface area (Å²) in [4.78, 5) is 16.1. The van der Waals surface area contributed by atoms with Crippen molar-refractivity contribution in [2.75, 3.05) is 5.32 Å². The van der Waals surface area contributed by atoms with E-state index in [0.717, 1.165) is 33.4 Å². The number of carbonyl (C=O) groups excluding carboxylic acids is 1. The smallest absolute Gasteiger partial charge is 0.258 e. The van der Waals surface area contributed by atoms with Gasteiger partial charge in [-0.3, -0.25) is 10.2 Å². The van der Waals surface area contributed by atoms with Crippen molar-refractivity contribution in [1.29, 1.82) is 5.41 Å². The molecule has 0 spiro atoms. The number of nitrogens with two attached hydrogens (primary N) is 1. The fourth-order valence-corrected chi connectivity index (χ4v) is 3.36. The van der Waals surface area contributed by atoms with Gasteiger partial charge in [0.2, 0.25) is 0 Å². The zero-order valence-corrected chi connectivity index (χ0v) is 15.4. The van der Waals surface area contributed by atoms with Gasteiger partial charge in [-0.05, 0) is 48.4 Å². The zero-order valence-electron chi connectivity index (χ0n) is 15.4. The molecule has 1 heterocycles. The number of amidine groups is 1. The second-order valence-corrected chi connectivity index (χ2v) is 6.70. The molecule has 0 atom stereocenters. The maximum absolute atomic E-state index is 12.9. The van der Waals surface area contributed by atoms with Crippen LogP contribution in [0.25, 0.3) is 22.0 Å². The number of benzene rings is 3. The summed E-state index contributed by atoms with van der Waals surface area (Å²) in [7, 11) is 0. The first-order chi connectivity index (χ1) is 13.5. The SMILES string of the molecule is Cc1[nH]c2ccc(C(=N)N)cc2c1C(=O)Nc1ccc(-c2ccccc2)cc1. The zero-order chi connectivity index (χ0) is 19.7. The number of aromatic nitrogens is 1. The van der Waals surface area contributed by atoms with E-state index in [1.54, 1.807) is 12.1 Å². The lowest BCUT2D eigenvalue weighted by Gasteiger charge is -2.08. The number of rotatable bonds is 4. The number of anilines is 1. The maximum Gasteiger partial charge on any atom is 0.258 e. The van der Waals surface area contributed by atoms with Crippen LogP contribution in [0.15, 0.2) is 72.8 Å². The van der Waals surface area contributed by atoms with Gasteiger partial charge in [-0.2, -0.15) is 0 Å². The van der Waals surface area contributed by atoms with Gasteiger partial charge in [-0.15, -0.1) is 0 Å². The van der Waals surface area contributed by atoms with E-state index in [9.17, 15) is 4.79 Å². The monoisotopic (exact) mass is 368 g/mol. The van der Waals surface area contributed by atoms with Gasteiger partial charge in [-0.1, -0.05) is 42.5 Å². The number of aryl methyl sites for hydroxylation is 1. The number of H-pyrrole nitrogens is 1. The molecule has 0 fully saturated rings. The third kappa shape index (κ3) is 3.25. The van der Waals surface area contributed by atoms with Gasteiger partial charge in [-0.25, -0.2) is 0 Å². The Bertz CT molecular complexity index is 1170. The molecule has 138 valence electrons. The van der Waals surface area contributed by atoms with Crippen LogP contribution in [0.1, 0.15) is 21.6 Å². The number of fused-ring (bicyclic) bond motifs is 1. The molecule has 0 aliphatic carbocycles. The van der Waals surface area contributed by atoms with Gasteiger partial charge in [0.1, 0.15) is 5.84 Å². The van der Waals surface area contributed by atoms with Gasteiger partial charge >= 0.3 is 0 Å². The highest BCUT2D eigenvalue weighted by Crippen LogP contribution is 2.26. The Morgan fingerprint density at radius 1 is 0.964 bits per heavy atom. The number of nitrogens with one attached hydrogen (secondary N) is 3. The molecule has 5 heteroatoms. The molecule has 0 aliphatic rings. The molecule has 0 radical (unpaired) electrons. The molecule has 4 aromatic rings. The van der Waals surface area contributed by atoms with Gasteiger partial charge in [0.15, 0.2) is 0 Å². The molecular formula is C23H20N4O. The van der Waals surface area contributed by atoms with E-state index in [2.05, 4.69) is 22.4 Å². The highest BCUT2D eigenvalue weighted by molar-refractivity contribution is 6.15. The van der Waals surface area contributed by atoms with Gasteiger partial charge < -0.3 is 16.0 Å². The lowest BCUT2D eigenvalue weighted by atomic mass is 10.0. The summed E-state index contributed by atoms with van der Waals surface area (Å²) in [6.45, 7) is 1.86. The Labute approximate surface area is 162 Å². The van der Waals surface area contributed by atoms with E-state index in [1.165, 1.54) is 0 Å². The Morgan fingerprint density at radius 3 is 2.32 bits per heavy atom. The average Bonchev–Trinajstić information content (AvgIpc) is 3.04. The average molecular weight is 368 g/mol. The van der Waals surface area contributed by atoms with Crippen LogP contribution in [0.5, 0.6) is 0 Å². The Balaban J connectivity index is 1.62. The van der Waals surface area contributed by atoms with Crippen LogP contribution in [0.2, 0.25) is 0 Å². The molecule has 5 N–H and O–H groups in total. The minimum Gasteiger partial charge on any atom is -0.384 e. The predicted octanol–water partition coefficient (Wildman–Crippen LogP) is 4.68. The Hall–Kier alpha value is -3.86. The summed E-state index contributed by atoms with van der Waals surface area (Å²) in [6, 6.07) is 23.2. The quantitative estimate of drug-likeness (QED) is 0.311. The van der Waals surface area contributed by atoms with Crippen LogP contribution in [0, 0.1) is 12.3 Å². The Kier molecular flexibility index (Phi) is 4.41. The molecule has 3 aromatic carbocycles. The van der Waals surface area contributed by atoms with Crippen LogP contribution in [-0.4, -0.2) is 16.7 Å². The Morgan fingerprint density at radius 2 is 1.64 bits per heavy atom. The summed E-state index contributed by atoms with van der Waals surface area (Å²) in [5.41, 5.74) is 11.3. The first-order valence-corrected chi connectivity index (χ1v) is 8.96. The number of carbonyl (C=O) groups is 1. The van der Waals surface area contributed by atoms with E-state index in [4.69, 9.17) is 11.1 Å². The number of nitrogen functional groups attached to an aromatic ring is 1. The maximum atomic E-state index is 12.9. The summed E-state index contributed by atoms with van der Waals surface area (Å²) >= 11 is 0. The molecule has 5 nitrogen and oxygen atoms in total. The molecule has 1 aromatic heterocycles. The first-order valence-electron chi connectivity index (χ1n) is 8.96. The number of hydrogen-bond donors (Lipinski definition) is 4. The van der Waals surface area contributed by atoms with Crippen molar-refractivity contribution in [2.45, 2.75) is 6.92 Å². The molecule has 4 rings (SSSR count).